The normalized spacial score (nSPS) is 35.5. The zero-order valence-electron chi connectivity index (χ0n) is 17.8. The van der Waals surface area contributed by atoms with Crippen LogP contribution in [0.25, 0.3) is 0 Å². The van der Waals surface area contributed by atoms with E-state index in [0.29, 0.717) is 18.4 Å². The number of carbonyl (C=O) groups is 2. The minimum Gasteiger partial charge on any atom is -0.351 e. The molecule has 0 bridgehead atoms. The van der Waals surface area contributed by atoms with Gasteiger partial charge >= 0.3 is 0 Å². The van der Waals surface area contributed by atoms with Gasteiger partial charge in [0.1, 0.15) is 5.78 Å². The van der Waals surface area contributed by atoms with E-state index in [1.54, 1.807) is 6.92 Å². The van der Waals surface area contributed by atoms with E-state index in [1.165, 1.54) is 70.6 Å². The van der Waals surface area contributed by atoms with Crippen molar-refractivity contribution < 1.29 is 9.59 Å². The minimum atomic E-state index is 0.0501. The van der Waals surface area contributed by atoms with Crippen LogP contribution in [0.4, 0.5) is 0 Å². The maximum absolute atomic E-state index is 12.8. The number of hydrogen-bond donors (Lipinski definition) is 1. The molecule has 28 heavy (non-hydrogen) atoms. The zero-order chi connectivity index (χ0) is 19.5. The van der Waals surface area contributed by atoms with Crippen LogP contribution in [0.1, 0.15) is 84.0 Å². The SMILES string of the molecule is CC(=O)C1CC2CCCCC2C1NC(=O)CN1CCC(C2CCCCC2)CC1. The van der Waals surface area contributed by atoms with E-state index in [1.807, 2.05) is 0 Å². The van der Waals surface area contributed by atoms with Crippen LogP contribution in [-0.2, 0) is 9.59 Å². The summed E-state index contributed by atoms with van der Waals surface area (Å²) >= 11 is 0. The van der Waals surface area contributed by atoms with Gasteiger partial charge in [-0.2, -0.15) is 0 Å². The number of nitrogens with zero attached hydrogens (tertiary/aromatic N) is 1. The minimum absolute atomic E-state index is 0.0501. The van der Waals surface area contributed by atoms with Crippen LogP contribution in [0.3, 0.4) is 0 Å². The second-order valence-electron chi connectivity index (χ2n) is 10.3. The Labute approximate surface area is 171 Å². The number of rotatable bonds is 5. The fourth-order valence-corrected chi connectivity index (χ4v) is 7.02. The quantitative estimate of drug-likeness (QED) is 0.769. The number of Topliss-reactive ketones (excluding diaryl/α,β-unsaturated/α-hetero) is 1. The van der Waals surface area contributed by atoms with Gasteiger partial charge in [-0.3, -0.25) is 14.5 Å². The van der Waals surface area contributed by atoms with Crippen LogP contribution >= 0.6 is 0 Å². The number of nitrogens with one attached hydrogen (secondary N) is 1. The third-order valence-corrected chi connectivity index (χ3v) is 8.59. The summed E-state index contributed by atoms with van der Waals surface area (Å²) in [6.45, 7) is 4.38. The molecule has 3 aliphatic carbocycles. The molecule has 4 unspecified atom stereocenters. The van der Waals surface area contributed by atoms with E-state index in [0.717, 1.165) is 31.3 Å². The summed E-state index contributed by atoms with van der Waals surface area (Å²) in [6, 6.07) is 0.0927. The van der Waals surface area contributed by atoms with Gasteiger partial charge in [0, 0.05) is 12.0 Å². The maximum Gasteiger partial charge on any atom is 0.234 e. The second-order valence-corrected chi connectivity index (χ2v) is 10.3. The fourth-order valence-electron chi connectivity index (χ4n) is 7.02. The maximum atomic E-state index is 12.8. The Balaban J connectivity index is 1.26. The number of piperidine rings is 1. The van der Waals surface area contributed by atoms with Gasteiger partial charge in [-0.15, -0.1) is 0 Å². The predicted molar refractivity (Wildman–Crippen MR) is 112 cm³/mol. The molecular weight excluding hydrogens is 348 g/mol. The van der Waals surface area contributed by atoms with E-state index in [2.05, 4.69) is 10.2 Å². The molecule has 0 aromatic heterocycles. The number of carbonyl (C=O) groups excluding carboxylic acids is 2. The van der Waals surface area contributed by atoms with Crippen LogP contribution in [0.2, 0.25) is 0 Å². The van der Waals surface area contributed by atoms with Crippen LogP contribution in [-0.4, -0.2) is 42.3 Å². The van der Waals surface area contributed by atoms with Gasteiger partial charge in [0.25, 0.3) is 0 Å². The van der Waals surface area contributed by atoms with Gasteiger partial charge in [-0.05, 0) is 69.4 Å². The molecule has 4 heteroatoms. The number of hydrogen-bond acceptors (Lipinski definition) is 3. The smallest absolute Gasteiger partial charge is 0.234 e. The average Bonchev–Trinajstić information content (AvgIpc) is 3.08. The van der Waals surface area contributed by atoms with Crippen LogP contribution in [0.5, 0.6) is 0 Å². The number of fused-ring (bicyclic) bond motifs is 1. The standard InChI is InChI=1S/C24H40N2O2/c1-17(27)22-15-20-9-5-6-10-21(20)24(22)25-23(28)16-26-13-11-19(12-14-26)18-7-3-2-4-8-18/h18-22,24H,2-16H2,1H3,(H,25,28). The Morgan fingerprint density at radius 1 is 0.821 bits per heavy atom. The molecule has 1 N–H and O–H groups in total. The molecule has 3 saturated carbocycles. The van der Waals surface area contributed by atoms with Gasteiger partial charge in [0.05, 0.1) is 6.54 Å². The summed E-state index contributed by atoms with van der Waals surface area (Å²) in [7, 11) is 0. The summed E-state index contributed by atoms with van der Waals surface area (Å²) in [5, 5.41) is 3.33. The third-order valence-electron chi connectivity index (χ3n) is 8.59. The predicted octanol–water partition coefficient (Wildman–Crippen LogP) is 4.18. The molecule has 158 valence electrons. The van der Waals surface area contributed by atoms with Crippen LogP contribution in [0, 0.1) is 29.6 Å². The molecule has 0 spiro atoms. The molecule has 1 saturated heterocycles. The van der Waals surface area contributed by atoms with Gasteiger partial charge in [-0.25, -0.2) is 0 Å². The summed E-state index contributed by atoms with van der Waals surface area (Å²) in [6.07, 6.45) is 15.7. The highest BCUT2D eigenvalue weighted by molar-refractivity contribution is 5.82. The molecule has 4 fully saturated rings. The topological polar surface area (TPSA) is 49.4 Å². The van der Waals surface area contributed by atoms with Gasteiger partial charge < -0.3 is 5.32 Å². The molecule has 4 atom stereocenters. The summed E-state index contributed by atoms with van der Waals surface area (Å²) in [5.41, 5.74) is 0. The van der Waals surface area contributed by atoms with Gasteiger partial charge in [0.15, 0.2) is 0 Å². The first kappa shape index (κ1) is 20.4. The lowest BCUT2D eigenvalue weighted by molar-refractivity contribution is -0.125. The van der Waals surface area contributed by atoms with Crippen molar-refractivity contribution in [3.8, 4) is 0 Å². The lowest BCUT2D eigenvalue weighted by Crippen LogP contribution is -2.49. The Hall–Kier alpha value is -0.900. The Bertz CT molecular complexity index is 549. The van der Waals surface area contributed by atoms with Gasteiger partial charge in [0.2, 0.25) is 5.91 Å². The van der Waals surface area contributed by atoms with Crippen molar-refractivity contribution in [2.24, 2.45) is 29.6 Å². The number of amides is 1. The number of ketones is 1. The molecule has 1 aliphatic heterocycles. The molecule has 0 radical (unpaired) electrons. The van der Waals surface area contributed by atoms with E-state index in [-0.39, 0.29) is 23.7 Å². The molecule has 4 aliphatic rings. The number of likely N-dealkylation sites (tertiary alicyclic amines) is 1. The van der Waals surface area contributed by atoms with Crippen molar-refractivity contribution >= 4 is 11.7 Å². The molecule has 4 nitrogen and oxygen atoms in total. The summed E-state index contributed by atoms with van der Waals surface area (Å²) in [5.74, 6) is 3.49. The van der Waals surface area contributed by atoms with Crippen molar-refractivity contribution in [2.45, 2.75) is 90.0 Å². The van der Waals surface area contributed by atoms with E-state index in [4.69, 9.17) is 0 Å². The largest absolute Gasteiger partial charge is 0.351 e. The molecule has 0 aromatic carbocycles. The summed E-state index contributed by atoms with van der Waals surface area (Å²) in [4.78, 5) is 27.4. The highest BCUT2D eigenvalue weighted by Crippen LogP contribution is 2.45. The van der Waals surface area contributed by atoms with Crippen LogP contribution in [0.15, 0.2) is 0 Å². The van der Waals surface area contributed by atoms with E-state index < -0.39 is 0 Å². The lowest BCUT2D eigenvalue weighted by Gasteiger charge is -2.37. The summed E-state index contributed by atoms with van der Waals surface area (Å²) < 4.78 is 0. The van der Waals surface area contributed by atoms with Crippen molar-refractivity contribution in [2.75, 3.05) is 19.6 Å². The van der Waals surface area contributed by atoms with Gasteiger partial charge in [-0.1, -0.05) is 51.4 Å². The van der Waals surface area contributed by atoms with Crippen molar-refractivity contribution in [3.63, 3.8) is 0 Å². The molecule has 1 heterocycles. The Morgan fingerprint density at radius 2 is 1.43 bits per heavy atom. The van der Waals surface area contributed by atoms with Crippen molar-refractivity contribution in [1.29, 1.82) is 0 Å². The molecule has 0 aromatic rings. The monoisotopic (exact) mass is 388 g/mol. The Kier molecular flexibility index (Phi) is 6.75. The molecular formula is C24H40N2O2. The average molecular weight is 389 g/mol. The van der Waals surface area contributed by atoms with Crippen molar-refractivity contribution in [1.82, 2.24) is 10.2 Å². The lowest BCUT2D eigenvalue weighted by atomic mass is 9.76. The zero-order valence-corrected chi connectivity index (χ0v) is 17.8. The highest BCUT2D eigenvalue weighted by atomic mass is 16.2. The first-order chi connectivity index (χ1) is 13.6. The molecule has 1 amide bonds. The highest BCUT2D eigenvalue weighted by Gasteiger charge is 2.46. The molecule has 4 rings (SSSR count). The Morgan fingerprint density at radius 3 is 2.14 bits per heavy atom. The fraction of sp³-hybridized carbons (Fsp3) is 0.917. The first-order valence-corrected chi connectivity index (χ1v) is 12.1. The second kappa shape index (κ2) is 9.28. The third kappa shape index (κ3) is 4.63. The van der Waals surface area contributed by atoms with E-state index in [9.17, 15) is 9.59 Å². The van der Waals surface area contributed by atoms with Crippen molar-refractivity contribution in [3.05, 3.63) is 0 Å². The first-order valence-electron chi connectivity index (χ1n) is 12.1. The van der Waals surface area contributed by atoms with Crippen LogP contribution < -0.4 is 5.32 Å². The van der Waals surface area contributed by atoms with E-state index >= 15 is 0 Å².